The number of aliphatic hydroxyl groups excluding tert-OH is 2. The van der Waals surface area contributed by atoms with Crippen LogP contribution in [-0.4, -0.2) is 23.4 Å². The van der Waals surface area contributed by atoms with Gasteiger partial charge in [0.2, 0.25) is 0 Å². The molecule has 3 heteroatoms. The number of rotatable bonds is 2. The summed E-state index contributed by atoms with van der Waals surface area (Å²) in [6.45, 7) is 8.74. The summed E-state index contributed by atoms with van der Waals surface area (Å²) >= 11 is 0. The summed E-state index contributed by atoms with van der Waals surface area (Å²) in [5.74, 6) is 2.10. The number of aliphatic hydroxyl groups is 2. The molecule has 0 aromatic heterocycles. The standard InChI is InChI=1S/C19H28O3/c1-10(2)12-6-7-19(4)16(12)13-8-11(3)9-14(22-5)15(13)17(20)18(19)21/h8-10,12,16-18,20-21H,6-7H2,1-5H3/t12-,16-,17+,18+,19-/m1/s1. The van der Waals surface area contributed by atoms with Gasteiger partial charge in [-0.15, -0.1) is 0 Å². The van der Waals surface area contributed by atoms with Crippen LogP contribution in [-0.2, 0) is 0 Å². The molecule has 2 aliphatic carbocycles. The lowest BCUT2D eigenvalue weighted by molar-refractivity contribution is -0.0804. The number of methoxy groups -OCH3 is 1. The van der Waals surface area contributed by atoms with Crippen LogP contribution in [0.25, 0.3) is 0 Å². The molecule has 0 radical (unpaired) electrons. The highest BCUT2D eigenvalue weighted by Crippen LogP contribution is 2.63. The third kappa shape index (κ3) is 2.02. The number of fused-ring (bicyclic) bond motifs is 3. The van der Waals surface area contributed by atoms with Crippen LogP contribution in [0.2, 0.25) is 0 Å². The quantitative estimate of drug-likeness (QED) is 0.878. The fourth-order valence-electron chi connectivity index (χ4n) is 4.98. The Kier molecular flexibility index (Phi) is 3.77. The first-order valence-corrected chi connectivity index (χ1v) is 8.35. The van der Waals surface area contributed by atoms with Gasteiger partial charge in [0.1, 0.15) is 11.9 Å². The van der Waals surface area contributed by atoms with E-state index in [-0.39, 0.29) is 11.3 Å². The van der Waals surface area contributed by atoms with Crippen LogP contribution in [0.15, 0.2) is 12.1 Å². The zero-order chi connectivity index (χ0) is 16.2. The molecule has 0 unspecified atom stereocenters. The monoisotopic (exact) mass is 304 g/mol. The minimum Gasteiger partial charge on any atom is -0.496 e. The Bertz CT molecular complexity index is 580. The molecule has 1 aromatic rings. The van der Waals surface area contributed by atoms with Gasteiger partial charge in [-0.3, -0.25) is 0 Å². The van der Waals surface area contributed by atoms with Gasteiger partial charge in [-0.2, -0.15) is 0 Å². The molecule has 0 heterocycles. The van der Waals surface area contributed by atoms with E-state index in [0.717, 1.165) is 24.0 Å². The Morgan fingerprint density at radius 2 is 1.95 bits per heavy atom. The molecule has 122 valence electrons. The smallest absolute Gasteiger partial charge is 0.125 e. The van der Waals surface area contributed by atoms with Crippen molar-refractivity contribution in [2.75, 3.05) is 7.11 Å². The van der Waals surface area contributed by atoms with Crippen molar-refractivity contribution in [3.8, 4) is 5.75 Å². The molecule has 0 saturated heterocycles. The summed E-state index contributed by atoms with van der Waals surface area (Å²) in [5.41, 5.74) is 2.89. The normalized spacial score (nSPS) is 37.1. The van der Waals surface area contributed by atoms with Crippen molar-refractivity contribution in [2.24, 2.45) is 17.3 Å². The molecular weight excluding hydrogens is 276 g/mol. The number of ether oxygens (including phenoxy) is 1. The van der Waals surface area contributed by atoms with Gasteiger partial charge in [0, 0.05) is 11.0 Å². The van der Waals surface area contributed by atoms with E-state index in [1.807, 2.05) is 6.07 Å². The van der Waals surface area contributed by atoms with Gasteiger partial charge in [0.05, 0.1) is 13.2 Å². The molecule has 3 rings (SSSR count). The first kappa shape index (κ1) is 15.8. The second-order valence-electron chi connectivity index (χ2n) is 7.79. The van der Waals surface area contributed by atoms with Crippen molar-refractivity contribution in [3.05, 3.63) is 28.8 Å². The van der Waals surface area contributed by atoms with Gasteiger partial charge in [-0.1, -0.05) is 26.8 Å². The zero-order valence-corrected chi connectivity index (χ0v) is 14.3. The summed E-state index contributed by atoms with van der Waals surface area (Å²) in [7, 11) is 1.64. The minimum atomic E-state index is -0.863. The van der Waals surface area contributed by atoms with Gasteiger partial charge in [0.15, 0.2) is 0 Å². The molecule has 3 nitrogen and oxygen atoms in total. The fraction of sp³-hybridized carbons (Fsp3) is 0.684. The summed E-state index contributed by atoms with van der Waals surface area (Å²) in [5, 5.41) is 21.6. The number of aryl methyl sites for hydroxylation is 1. The van der Waals surface area contributed by atoms with Crippen LogP contribution in [0.3, 0.4) is 0 Å². The van der Waals surface area contributed by atoms with Crippen LogP contribution in [0.5, 0.6) is 5.75 Å². The summed E-state index contributed by atoms with van der Waals surface area (Å²) in [6, 6.07) is 4.15. The van der Waals surface area contributed by atoms with Crippen LogP contribution in [0.1, 0.15) is 62.3 Å². The fourth-order valence-corrected chi connectivity index (χ4v) is 4.98. The van der Waals surface area contributed by atoms with E-state index in [1.54, 1.807) is 7.11 Å². The Morgan fingerprint density at radius 3 is 2.55 bits per heavy atom. The summed E-state index contributed by atoms with van der Waals surface area (Å²) < 4.78 is 5.52. The van der Waals surface area contributed by atoms with Crippen molar-refractivity contribution in [1.82, 2.24) is 0 Å². The second kappa shape index (κ2) is 5.24. The molecule has 0 aliphatic heterocycles. The predicted octanol–water partition coefficient (Wildman–Crippen LogP) is 3.57. The summed E-state index contributed by atoms with van der Waals surface area (Å²) in [4.78, 5) is 0. The molecule has 0 amide bonds. The maximum atomic E-state index is 10.8. The average Bonchev–Trinajstić information content (AvgIpc) is 2.83. The Balaban J connectivity index is 2.25. The number of benzene rings is 1. The highest BCUT2D eigenvalue weighted by molar-refractivity contribution is 5.51. The van der Waals surface area contributed by atoms with Crippen LogP contribution in [0.4, 0.5) is 0 Å². The largest absolute Gasteiger partial charge is 0.496 e. The molecule has 1 aromatic carbocycles. The Morgan fingerprint density at radius 1 is 1.27 bits per heavy atom. The first-order chi connectivity index (χ1) is 10.3. The second-order valence-corrected chi connectivity index (χ2v) is 7.79. The SMILES string of the molecule is COc1cc(C)cc2c1[C@H](O)[C@H](O)[C@]1(C)CC[C@H](C(C)C)[C@H]21. The van der Waals surface area contributed by atoms with Crippen LogP contribution >= 0.6 is 0 Å². The van der Waals surface area contributed by atoms with Gasteiger partial charge in [-0.25, -0.2) is 0 Å². The third-order valence-electron chi connectivity index (χ3n) is 6.16. The molecule has 22 heavy (non-hydrogen) atoms. The van der Waals surface area contributed by atoms with Gasteiger partial charge in [-0.05, 0) is 54.7 Å². The van der Waals surface area contributed by atoms with E-state index >= 15 is 0 Å². The van der Waals surface area contributed by atoms with Gasteiger partial charge in [0.25, 0.3) is 0 Å². The van der Waals surface area contributed by atoms with E-state index in [9.17, 15) is 10.2 Å². The van der Waals surface area contributed by atoms with Crippen molar-refractivity contribution in [3.63, 3.8) is 0 Å². The molecule has 1 fully saturated rings. The lowest BCUT2D eigenvalue weighted by Gasteiger charge is -2.47. The molecule has 1 saturated carbocycles. The van der Waals surface area contributed by atoms with E-state index in [2.05, 4.69) is 33.8 Å². The third-order valence-corrected chi connectivity index (χ3v) is 6.16. The highest BCUT2D eigenvalue weighted by Gasteiger charge is 2.57. The van der Waals surface area contributed by atoms with Crippen LogP contribution < -0.4 is 4.74 Å². The van der Waals surface area contributed by atoms with E-state index < -0.39 is 12.2 Å². The van der Waals surface area contributed by atoms with E-state index in [4.69, 9.17) is 4.74 Å². The number of hydrogen-bond acceptors (Lipinski definition) is 3. The number of hydrogen-bond donors (Lipinski definition) is 2. The highest BCUT2D eigenvalue weighted by atomic mass is 16.5. The Hall–Kier alpha value is -1.06. The molecule has 2 aliphatic rings. The molecule has 5 atom stereocenters. The maximum Gasteiger partial charge on any atom is 0.125 e. The molecule has 2 N–H and O–H groups in total. The lowest BCUT2D eigenvalue weighted by atomic mass is 9.61. The molecular formula is C19H28O3. The maximum absolute atomic E-state index is 10.8. The first-order valence-electron chi connectivity index (χ1n) is 8.35. The summed E-state index contributed by atoms with van der Waals surface area (Å²) in [6.07, 6.45) is 0.482. The van der Waals surface area contributed by atoms with E-state index in [0.29, 0.717) is 17.6 Å². The lowest BCUT2D eigenvalue weighted by Crippen LogP contribution is -2.45. The topological polar surface area (TPSA) is 49.7 Å². The van der Waals surface area contributed by atoms with Crippen molar-refractivity contribution < 1.29 is 14.9 Å². The van der Waals surface area contributed by atoms with E-state index in [1.165, 1.54) is 5.56 Å². The predicted molar refractivity (Wildman–Crippen MR) is 87.1 cm³/mol. The van der Waals surface area contributed by atoms with Gasteiger partial charge < -0.3 is 14.9 Å². The average molecular weight is 304 g/mol. The molecule has 0 bridgehead atoms. The van der Waals surface area contributed by atoms with Crippen molar-refractivity contribution in [2.45, 2.75) is 58.7 Å². The van der Waals surface area contributed by atoms with Crippen LogP contribution in [0, 0.1) is 24.2 Å². The Labute approximate surface area is 133 Å². The van der Waals surface area contributed by atoms with Crippen molar-refractivity contribution in [1.29, 1.82) is 0 Å². The minimum absolute atomic E-state index is 0.250. The van der Waals surface area contributed by atoms with Gasteiger partial charge >= 0.3 is 0 Å². The zero-order valence-electron chi connectivity index (χ0n) is 14.3. The molecule has 0 spiro atoms. The van der Waals surface area contributed by atoms with Crippen molar-refractivity contribution >= 4 is 0 Å².